The standard InChI is InChI=1S/C15H22N2O5S/c1-21-9-8-16-15(18)14-10-13(11-17(14)23(2,19)20)22-12-6-4-3-5-7-12/h3-7,13-14H,8-11H2,1-2H3,(H,16,18)/t13-,14-/m0/s1. The summed E-state index contributed by atoms with van der Waals surface area (Å²) in [6.45, 7) is 0.880. The number of hydrogen-bond donors (Lipinski definition) is 1. The molecule has 1 aliphatic rings. The first-order valence-corrected chi connectivity index (χ1v) is 9.22. The minimum absolute atomic E-state index is 0.163. The molecule has 2 rings (SSSR count). The lowest BCUT2D eigenvalue weighted by Crippen LogP contribution is -2.46. The maximum absolute atomic E-state index is 12.2. The Morgan fingerprint density at radius 2 is 2.04 bits per heavy atom. The number of rotatable bonds is 7. The monoisotopic (exact) mass is 342 g/mol. The lowest BCUT2D eigenvalue weighted by molar-refractivity contribution is -0.124. The first-order valence-electron chi connectivity index (χ1n) is 7.37. The Balaban J connectivity index is 2.05. The zero-order chi connectivity index (χ0) is 16.9. The molecule has 0 aliphatic carbocycles. The van der Waals surface area contributed by atoms with Crippen molar-refractivity contribution >= 4 is 15.9 Å². The molecule has 1 amide bonds. The predicted molar refractivity (Wildman–Crippen MR) is 85.7 cm³/mol. The van der Waals surface area contributed by atoms with Crippen LogP contribution in [0.5, 0.6) is 5.75 Å². The van der Waals surface area contributed by atoms with Gasteiger partial charge in [0.2, 0.25) is 15.9 Å². The highest BCUT2D eigenvalue weighted by atomic mass is 32.2. The number of hydrogen-bond acceptors (Lipinski definition) is 5. The van der Waals surface area contributed by atoms with Crippen LogP contribution in [0.2, 0.25) is 0 Å². The summed E-state index contributed by atoms with van der Waals surface area (Å²) in [5.41, 5.74) is 0. The van der Waals surface area contributed by atoms with Crippen molar-refractivity contribution in [3.05, 3.63) is 30.3 Å². The highest BCUT2D eigenvalue weighted by Gasteiger charge is 2.42. The Morgan fingerprint density at radius 3 is 2.65 bits per heavy atom. The fourth-order valence-electron chi connectivity index (χ4n) is 2.54. The summed E-state index contributed by atoms with van der Waals surface area (Å²) in [5, 5.41) is 2.69. The van der Waals surface area contributed by atoms with Gasteiger partial charge in [-0.2, -0.15) is 4.31 Å². The van der Waals surface area contributed by atoms with E-state index in [0.29, 0.717) is 25.3 Å². The third-order valence-corrected chi connectivity index (χ3v) is 4.85. The zero-order valence-corrected chi connectivity index (χ0v) is 14.1. The fraction of sp³-hybridized carbons (Fsp3) is 0.533. The topological polar surface area (TPSA) is 84.9 Å². The molecule has 7 nitrogen and oxygen atoms in total. The minimum atomic E-state index is -3.49. The third-order valence-electron chi connectivity index (χ3n) is 3.60. The van der Waals surface area contributed by atoms with E-state index in [1.54, 1.807) is 12.1 Å². The van der Waals surface area contributed by atoms with Crippen molar-refractivity contribution in [2.75, 3.05) is 33.1 Å². The molecule has 0 spiro atoms. The van der Waals surface area contributed by atoms with Crippen molar-refractivity contribution in [3.8, 4) is 5.75 Å². The van der Waals surface area contributed by atoms with Crippen molar-refractivity contribution in [2.45, 2.75) is 18.6 Å². The third kappa shape index (κ3) is 4.92. The van der Waals surface area contributed by atoms with Gasteiger partial charge in [0.1, 0.15) is 17.9 Å². The van der Waals surface area contributed by atoms with Crippen LogP contribution >= 0.6 is 0 Å². The van der Waals surface area contributed by atoms with Crippen LogP contribution in [0.15, 0.2) is 30.3 Å². The Kier molecular flexibility index (Phi) is 5.97. The van der Waals surface area contributed by atoms with Gasteiger partial charge in [-0.15, -0.1) is 0 Å². The Hall–Kier alpha value is -1.64. The highest BCUT2D eigenvalue weighted by molar-refractivity contribution is 7.88. The van der Waals surface area contributed by atoms with Crippen LogP contribution in [0.3, 0.4) is 0 Å². The van der Waals surface area contributed by atoms with E-state index in [2.05, 4.69) is 5.32 Å². The number of para-hydroxylation sites is 1. The number of amides is 1. The lowest BCUT2D eigenvalue weighted by atomic mass is 10.2. The molecule has 128 valence electrons. The SMILES string of the molecule is COCCNC(=O)[C@@H]1C[C@H](Oc2ccccc2)CN1S(C)(=O)=O. The molecule has 23 heavy (non-hydrogen) atoms. The number of nitrogens with zero attached hydrogens (tertiary/aromatic N) is 1. The van der Waals surface area contributed by atoms with Gasteiger partial charge < -0.3 is 14.8 Å². The smallest absolute Gasteiger partial charge is 0.238 e. The van der Waals surface area contributed by atoms with Gasteiger partial charge in [0.05, 0.1) is 19.4 Å². The first-order chi connectivity index (χ1) is 10.9. The summed E-state index contributed by atoms with van der Waals surface area (Å²) in [4.78, 5) is 12.2. The first kappa shape index (κ1) is 17.7. The molecule has 0 radical (unpaired) electrons. The van der Waals surface area contributed by atoms with Crippen LogP contribution in [0.1, 0.15) is 6.42 Å². The number of carbonyl (C=O) groups excluding carboxylic acids is 1. The van der Waals surface area contributed by atoms with E-state index in [1.807, 2.05) is 18.2 Å². The maximum atomic E-state index is 12.2. The van der Waals surface area contributed by atoms with Crippen LogP contribution in [-0.4, -0.2) is 63.8 Å². The molecule has 1 N–H and O–H groups in total. The van der Waals surface area contributed by atoms with Gasteiger partial charge in [0, 0.05) is 20.1 Å². The molecule has 1 aromatic carbocycles. The molecule has 8 heteroatoms. The van der Waals surface area contributed by atoms with E-state index in [9.17, 15) is 13.2 Å². The van der Waals surface area contributed by atoms with Crippen LogP contribution in [-0.2, 0) is 19.6 Å². The van der Waals surface area contributed by atoms with Crippen LogP contribution < -0.4 is 10.1 Å². The molecule has 1 aliphatic heterocycles. The Bertz CT molecular complexity index is 620. The number of benzene rings is 1. The predicted octanol–water partition coefficient (Wildman–Crippen LogP) is 0.230. The molecule has 0 bridgehead atoms. The summed E-state index contributed by atoms with van der Waals surface area (Å²) in [5.74, 6) is 0.332. The number of nitrogens with one attached hydrogen (secondary N) is 1. The van der Waals surface area contributed by atoms with Gasteiger partial charge in [-0.05, 0) is 12.1 Å². The molecule has 2 atom stereocenters. The summed E-state index contributed by atoms with van der Waals surface area (Å²) < 4.78 is 35.8. The van der Waals surface area contributed by atoms with Gasteiger partial charge in [-0.3, -0.25) is 4.79 Å². The molecule has 0 saturated carbocycles. The largest absolute Gasteiger partial charge is 0.489 e. The van der Waals surface area contributed by atoms with Crippen LogP contribution in [0.4, 0.5) is 0 Å². The molecular formula is C15H22N2O5S. The molecule has 1 fully saturated rings. The number of sulfonamides is 1. The minimum Gasteiger partial charge on any atom is -0.489 e. The van der Waals surface area contributed by atoms with E-state index in [4.69, 9.17) is 9.47 Å². The molecule has 1 saturated heterocycles. The second-order valence-electron chi connectivity index (χ2n) is 5.42. The summed E-state index contributed by atoms with van der Waals surface area (Å²) >= 11 is 0. The number of methoxy groups -OCH3 is 1. The van der Waals surface area contributed by atoms with Gasteiger partial charge in [-0.1, -0.05) is 18.2 Å². The number of carbonyl (C=O) groups is 1. The summed E-state index contributed by atoms with van der Waals surface area (Å²) in [6, 6.07) is 8.40. The molecular weight excluding hydrogens is 320 g/mol. The van der Waals surface area contributed by atoms with Crippen LogP contribution in [0, 0.1) is 0 Å². The Labute approximate surface area is 136 Å². The van der Waals surface area contributed by atoms with E-state index in [0.717, 1.165) is 6.26 Å². The molecule has 0 aromatic heterocycles. The van der Waals surface area contributed by atoms with E-state index < -0.39 is 16.1 Å². The number of ether oxygens (including phenoxy) is 2. The van der Waals surface area contributed by atoms with Crippen molar-refractivity contribution in [1.29, 1.82) is 0 Å². The zero-order valence-electron chi connectivity index (χ0n) is 13.3. The second kappa shape index (κ2) is 7.76. The lowest BCUT2D eigenvalue weighted by Gasteiger charge is -2.20. The fourth-order valence-corrected chi connectivity index (χ4v) is 3.63. The van der Waals surface area contributed by atoms with E-state index in [1.165, 1.54) is 11.4 Å². The van der Waals surface area contributed by atoms with Crippen molar-refractivity contribution in [1.82, 2.24) is 9.62 Å². The quantitative estimate of drug-likeness (QED) is 0.717. The molecule has 1 aromatic rings. The molecule has 1 heterocycles. The van der Waals surface area contributed by atoms with Crippen LogP contribution in [0.25, 0.3) is 0 Å². The molecule has 0 unspecified atom stereocenters. The Morgan fingerprint density at radius 1 is 1.35 bits per heavy atom. The average molecular weight is 342 g/mol. The van der Waals surface area contributed by atoms with Gasteiger partial charge in [-0.25, -0.2) is 8.42 Å². The van der Waals surface area contributed by atoms with Crippen molar-refractivity contribution in [2.24, 2.45) is 0 Å². The van der Waals surface area contributed by atoms with Crippen molar-refractivity contribution < 1.29 is 22.7 Å². The average Bonchev–Trinajstić information content (AvgIpc) is 2.92. The maximum Gasteiger partial charge on any atom is 0.238 e. The van der Waals surface area contributed by atoms with Gasteiger partial charge >= 0.3 is 0 Å². The second-order valence-corrected chi connectivity index (χ2v) is 7.36. The van der Waals surface area contributed by atoms with E-state index >= 15 is 0 Å². The van der Waals surface area contributed by atoms with Crippen molar-refractivity contribution in [3.63, 3.8) is 0 Å². The van der Waals surface area contributed by atoms with E-state index in [-0.39, 0.29) is 18.6 Å². The summed E-state index contributed by atoms with van der Waals surface area (Å²) in [7, 11) is -1.96. The van der Waals surface area contributed by atoms with Gasteiger partial charge in [0.15, 0.2) is 0 Å². The highest BCUT2D eigenvalue weighted by Crippen LogP contribution is 2.25. The normalized spacial score (nSPS) is 22.0. The summed E-state index contributed by atoms with van der Waals surface area (Å²) in [6.07, 6.45) is 1.07. The van der Waals surface area contributed by atoms with Gasteiger partial charge in [0.25, 0.3) is 0 Å².